The number of benzene rings is 1. The second-order valence-corrected chi connectivity index (χ2v) is 6.97. The standard InChI is InChI=1S/C19H21FN2O/c20-17-3-1-15(2-4-17)9-18-10-19(14-23-18)12-22(13-19)11-16-5-7-21-8-6-16/h1-8,18H,9-14H2/t18-/m0/s1. The Morgan fingerprint density at radius 1 is 1.09 bits per heavy atom. The summed E-state index contributed by atoms with van der Waals surface area (Å²) in [4.78, 5) is 6.53. The summed E-state index contributed by atoms with van der Waals surface area (Å²) < 4.78 is 19.0. The molecule has 0 saturated carbocycles. The van der Waals surface area contributed by atoms with Crippen LogP contribution in [0.25, 0.3) is 0 Å². The van der Waals surface area contributed by atoms with E-state index in [1.165, 1.54) is 17.7 Å². The molecule has 0 aliphatic carbocycles. The number of likely N-dealkylation sites (tertiary alicyclic amines) is 1. The molecule has 4 heteroatoms. The molecule has 3 nitrogen and oxygen atoms in total. The monoisotopic (exact) mass is 312 g/mol. The van der Waals surface area contributed by atoms with E-state index >= 15 is 0 Å². The lowest BCUT2D eigenvalue weighted by Gasteiger charge is -2.47. The van der Waals surface area contributed by atoms with Crippen molar-refractivity contribution < 1.29 is 9.13 Å². The van der Waals surface area contributed by atoms with Crippen LogP contribution < -0.4 is 0 Å². The molecule has 0 N–H and O–H groups in total. The molecule has 4 rings (SSSR count). The lowest BCUT2D eigenvalue weighted by molar-refractivity contribution is -0.0140. The van der Waals surface area contributed by atoms with E-state index in [1.54, 1.807) is 0 Å². The molecule has 1 atom stereocenters. The van der Waals surface area contributed by atoms with E-state index in [-0.39, 0.29) is 11.9 Å². The van der Waals surface area contributed by atoms with E-state index in [4.69, 9.17) is 4.74 Å². The maximum absolute atomic E-state index is 13.0. The van der Waals surface area contributed by atoms with Crippen LogP contribution >= 0.6 is 0 Å². The van der Waals surface area contributed by atoms with Crippen LogP contribution in [0.1, 0.15) is 17.5 Å². The third kappa shape index (κ3) is 3.28. The van der Waals surface area contributed by atoms with Crippen LogP contribution in [-0.2, 0) is 17.7 Å². The quantitative estimate of drug-likeness (QED) is 0.867. The highest BCUT2D eigenvalue weighted by Gasteiger charge is 2.48. The Morgan fingerprint density at radius 3 is 2.57 bits per heavy atom. The van der Waals surface area contributed by atoms with Gasteiger partial charge >= 0.3 is 0 Å². The number of hydrogen-bond acceptors (Lipinski definition) is 3. The largest absolute Gasteiger partial charge is 0.377 e. The second kappa shape index (κ2) is 6.02. The molecular formula is C19H21FN2O. The minimum atomic E-state index is -0.177. The van der Waals surface area contributed by atoms with Crippen LogP contribution in [0.5, 0.6) is 0 Å². The fraction of sp³-hybridized carbons (Fsp3) is 0.421. The number of halogens is 1. The van der Waals surface area contributed by atoms with Gasteiger partial charge in [0, 0.05) is 37.4 Å². The molecule has 0 bridgehead atoms. The first kappa shape index (κ1) is 14.8. The highest BCUT2D eigenvalue weighted by atomic mass is 19.1. The topological polar surface area (TPSA) is 25.4 Å². The zero-order valence-corrected chi connectivity index (χ0v) is 13.1. The molecule has 1 aromatic heterocycles. The van der Waals surface area contributed by atoms with Gasteiger partial charge < -0.3 is 4.74 Å². The zero-order valence-electron chi connectivity index (χ0n) is 13.1. The van der Waals surface area contributed by atoms with Crippen LogP contribution in [0.4, 0.5) is 4.39 Å². The van der Waals surface area contributed by atoms with Crippen molar-refractivity contribution in [2.45, 2.75) is 25.5 Å². The fourth-order valence-corrected chi connectivity index (χ4v) is 3.89. The van der Waals surface area contributed by atoms with Crippen molar-refractivity contribution in [3.05, 3.63) is 65.7 Å². The van der Waals surface area contributed by atoms with Gasteiger partial charge in [-0.25, -0.2) is 4.39 Å². The lowest BCUT2D eigenvalue weighted by atomic mass is 9.77. The lowest BCUT2D eigenvalue weighted by Crippen LogP contribution is -2.56. The first-order valence-corrected chi connectivity index (χ1v) is 8.18. The molecule has 1 aromatic carbocycles. The Labute approximate surface area is 136 Å². The number of aromatic nitrogens is 1. The first-order valence-electron chi connectivity index (χ1n) is 8.18. The predicted octanol–water partition coefficient (Wildman–Crippen LogP) is 3.05. The minimum Gasteiger partial charge on any atom is -0.377 e. The molecule has 0 amide bonds. The van der Waals surface area contributed by atoms with E-state index in [0.717, 1.165) is 44.6 Å². The molecule has 120 valence electrons. The summed E-state index contributed by atoms with van der Waals surface area (Å²) in [6.07, 6.45) is 5.96. The molecule has 2 aliphatic heterocycles. The van der Waals surface area contributed by atoms with Crippen LogP contribution in [0.15, 0.2) is 48.8 Å². The molecule has 3 heterocycles. The third-order valence-corrected chi connectivity index (χ3v) is 4.94. The van der Waals surface area contributed by atoms with Crippen molar-refractivity contribution in [3.8, 4) is 0 Å². The van der Waals surface area contributed by atoms with Crippen molar-refractivity contribution in [2.24, 2.45) is 5.41 Å². The van der Waals surface area contributed by atoms with Gasteiger partial charge in [-0.2, -0.15) is 0 Å². The smallest absolute Gasteiger partial charge is 0.123 e. The van der Waals surface area contributed by atoms with Gasteiger partial charge in [-0.1, -0.05) is 12.1 Å². The summed E-state index contributed by atoms with van der Waals surface area (Å²) in [5.41, 5.74) is 2.80. The molecule has 0 radical (unpaired) electrons. The molecule has 2 aliphatic rings. The minimum absolute atomic E-state index is 0.177. The molecule has 0 unspecified atom stereocenters. The van der Waals surface area contributed by atoms with Gasteiger partial charge in [0.1, 0.15) is 5.82 Å². The van der Waals surface area contributed by atoms with E-state index in [1.807, 2.05) is 24.5 Å². The first-order chi connectivity index (χ1) is 11.2. The maximum atomic E-state index is 13.0. The van der Waals surface area contributed by atoms with Crippen LogP contribution in [0, 0.1) is 11.2 Å². The Hall–Kier alpha value is -1.78. The number of pyridine rings is 1. The Bertz CT molecular complexity index is 653. The van der Waals surface area contributed by atoms with Crippen molar-refractivity contribution >= 4 is 0 Å². The molecular weight excluding hydrogens is 291 g/mol. The normalized spacial score (nSPS) is 23.1. The fourth-order valence-electron chi connectivity index (χ4n) is 3.89. The Balaban J connectivity index is 1.29. The van der Waals surface area contributed by atoms with Crippen molar-refractivity contribution in [1.29, 1.82) is 0 Å². The SMILES string of the molecule is Fc1ccc(C[C@H]2CC3(CO2)CN(Cc2ccncc2)C3)cc1. The molecule has 1 spiro atoms. The summed E-state index contributed by atoms with van der Waals surface area (Å²) in [5, 5.41) is 0. The van der Waals surface area contributed by atoms with Gasteiger partial charge in [-0.15, -0.1) is 0 Å². The van der Waals surface area contributed by atoms with Gasteiger partial charge in [-0.3, -0.25) is 9.88 Å². The van der Waals surface area contributed by atoms with Crippen molar-refractivity contribution in [1.82, 2.24) is 9.88 Å². The number of rotatable bonds is 4. The summed E-state index contributed by atoms with van der Waals surface area (Å²) in [7, 11) is 0. The summed E-state index contributed by atoms with van der Waals surface area (Å²) >= 11 is 0. The van der Waals surface area contributed by atoms with Gasteiger partial charge in [0.15, 0.2) is 0 Å². The zero-order chi connectivity index (χ0) is 15.7. The van der Waals surface area contributed by atoms with Crippen LogP contribution in [-0.4, -0.2) is 35.7 Å². The van der Waals surface area contributed by atoms with Crippen LogP contribution in [0.3, 0.4) is 0 Å². The van der Waals surface area contributed by atoms with E-state index in [9.17, 15) is 4.39 Å². The Morgan fingerprint density at radius 2 is 1.83 bits per heavy atom. The molecule has 2 aromatic rings. The number of nitrogens with zero attached hydrogens (tertiary/aromatic N) is 2. The van der Waals surface area contributed by atoms with Crippen molar-refractivity contribution in [3.63, 3.8) is 0 Å². The van der Waals surface area contributed by atoms with Gasteiger partial charge in [0.05, 0.1) is 12.7 Å². The number of hydrogen-bond donors (Lipinski definition) is 0. The summed E-state index contributed by atoms with van der Waals surface area (Å²) in [6.45, 7) is 4.06. The van der Waals surface area contributed by atoms with Gasteiger partial charge in [0.25, 0.3) is 0 Å². The average Bonchev–Trinajstić information content (AvgIpc) is 2.94. The Kier molecular flexibility index (Phi) is 3.87. The van der Waals surface area contributed by atoms with E-state index in [0.29, 0.717) is 5.41 Å². The van der Waals surface area contributed by atoms with E-state index < -0.39 is 0 Å². The molecule has 2 saturated heterocycles. The van der Waals surface area contributed by atoms with E-state index in [2.05, 4.69) is 22.0 Å². The highest BCUT2D eigenvalue weighted by Crippen LogP contribution is 2.42. The second-order valence-electron chi connectivity index (χ2n) is 6.97. The average molecular weight is 312 g/mol. The van der Waals surface area contributed by atoms with Crippen molar-refractivity contribution in [2.75, 3.05) is 19.7 Å². The molecule has 2 fully saturated rings. The summed E-state index contributed by atoms with van der Waals surface area (Å²) in [6, 6.07) is 10.9. The highest BCUT2D eigenvalue weighted by molar-refractivity contribution is 5.18. The van der Waals surface area contributed by atoms with Crippen LogP contribution in [0.2, 0.25) is 0 Å². The van der Waals surface area contributed by atoms with Gasteiger partial charge in [-0.05, 0) is 48.2 Å². The summed E-state index contributed by atoms with van der Waals surface area (Å²) in [5.74, 6) is -0.177. The maximum Gasteiger partial charge on any atom is 0.123 e. The third-order valence-electron chi connectivity index (χ3n) is 4.94. The van der Waals surface area contributed by atoms with Gasteiger partial charge in [0.2, 0.25) is 0 Å². The predicted molar refractivity (Wildman–Crippen MR) is 86.4 cm³/mol. The molecule has 23 heavy (non-hydrogen) atoms. The number of ether oxygens (including phenoxy) is 1.